The molecule has 1 amide bonds. The first-order chi connectivity index (χ1) is 14.0. The molecule has 0 unspecified atom stereocenters. The van der Waals surface area contributed by atoms with Crippen LogP contribution in [0.2, 0.25) is 0 Å². The average molecular weight is 393 g/mol. The highest BCUT2D eigenvalue weighted by Gasteiger charge is 2.51. The maximum absolute atomic E-state index is 13.5. The number of halogens is 1. The number of likely N-dealkylation sites (tertiary alicyclic amines) is 1. The fraction of sp³-hybridized carbons (Fsp3) is 0.409. The Labute approximate surface area is 168 Å². The van der Waals surface area contributed by atoms with Crippen LogP contribution in [0.4, 0.5) is 10.1 Å². The van der Waals surface area contributed by atoms with Crippen molar-refractivity contribution in [3.63, 3.8) is 0 Å². The molecular formula is C22H24FN5O. The van der Waals surface area contributed by atoms with Crippen LogP contribution in [0, 0.1) is 5.82 Å². The standard InChI is InChI=1S/C22H24FN5O/c1-22(2)13-19-18(28(22)16-8-6-15(23)7-9-16)5-3-11-26(19)21(29)17-14-25-27-12-4-10-24-20(17)27/h4,6-10,12,14,18-19H,3,5,11,13H2,1-2H3/t18-,19-/m0/s1. The van der Waals surface area contributed by atoms with Gasteiger partial charge in [-0.2, -0.15) is 5.10 Å². The van der Waals surface area contributed by atoms with Crippen molar-refractivity contribution in [2.45, 2.75) is 50.7 Å². The molecule has 4 heterocycles. The van der Waals surface area contributed by atoms with E-state index in [2.05, 4.69) is 28.8 Å². The second kappa shape index (κ2) is 6.54. The van der Waals surface area contributed by atoms with Crippen LogP contribution in [0.1, 0.15) is 43.5 Å². The zero-order valence-corrected chi connectivity index (χ0v) is 16.6. The van der Waals surface area contributed by atoms with Crippen LogP contribution < -0.4 is 4.90 Å². The van der Waals surface area contributed by atoms with E-state index in [1.165, 1.54) is 12.1 Å². The number of fused-ring (bicyclic) bond motifs is 2. The minimum atomic E-state index is -0.233. The van der Waals surface area contributed by atoms with Gasteiger partial charge in [0.15, 0.2) is 5.65 Å². The number of piperidine rings is 1. The van der Waals surface area contributed by atoms with E-state index in [1.807, 2.05) is 17.0 Å². The summed E-state index contributed by atoms with van der Waals surface area (Å²) >= 11 is 0. The molecular weight excluding hydrogens is 369 g/mol. The van der Waals surface area contributed by atoms with Crippen molar-refractivity contribution < 1.29 is 9.18 Å². The second-order valence-corrected chi connectivity index (χ2v) is 8.58. The number of hydrogen-bond donors (Lipinski definition) is 0. The molecule has 0 aliphatic carbocycles. The van der Waals surface area contributed by atoms with E-state index < -0.39 is 0 Å². The molecule has 1 aromatic carbocycles. The first kappa shape index (κ1) is 18.1. The number of hydrogen-bond acceptors (Lipinski definition) is 4. The summed E-state index contributed by atoms with van der Waals surface area (Å²) in [5.41, 5.74) is 2.02. The summed E-state index contributed by atoms with van der Waals surface area (Å²) in [6.07, 6.45) is 7.92. The Morgan fingerprint density at radius 3 is 2.79 bits per heavy atom. The number of nitrogens with zero attached hydrogens (tertiary/aromatic N) is 5. The molecule has 2 fully saturated rings. The minimum Gasteiger partial charge on any atom is -0.361 e. The number of amides is 1. The van der Waals surface area contributed by atoms with E-state index in [4.69, 9.17) is 0 Å². The summed E-state index contributed by atoms with van der Waals surface area (Å²) in [6, 6.07) is 8.82. The van der Waals surface area contributed by atoms with Crippen LogP contribution in [0.5, 0.6) is 0 Å². The first-order valence-corrected chi connectivity index (χ1v) is 10.1. The van der Waals surface area contributed by atoms with E-state index in [0.717, 1.165) is 31.5 Å². The predicted molar refractivity (Wildman–Crippen MR) is 108 cm³/mol. The van der Waals surface area contributed by atoms with Crippen molar-refractivity contribution >= 4 is 17.2 Å². The van der Waals surface area contributed by atoms with E-state index in [1.54, 1.807) is 29.2 Å². The number of carbonyl (C=O) groups is 1. The Kier molecular flexibility index (Phi) is 4.08. The molecule has 0 spiro atoms. The van der Waals surface area contributed by atoms with E-state index >= 15 is 0 Å². The zero-order chi connectivity index (χ0) is 20.2. The lowest BCUT2D eigenvalue weighted by molar-refractivity contribution is 0.0607. The van der Waals surface area contributed by atoms with Gasteiger partial charge in [-0.15, -0.1) is 0 Å². The number of carbonyl (C=O) groups excluding carboxylic acids is 1. The van der Waals surface area contributed by atoms with Crippen LogP contribution in [-0.4, -0.2) is 49.6 Å². The summed E-state index contributed by atoms with van der Waals surface area (Å²) in [7, 11) is 0. The highest BCUT2D eigenvalue weighted by Crippen LogP contribution is 2.44. The van der Waals surface area contributed by atoms with Crippen molar-refractivity contribution in [3.05, 3.63) is 60.3 Å². The highest BCUT2D eigenvalue weighted by atomic mass is 19.1. The van der Waals surface area contributed by atoms with Gasteiger partial charge in [0.1, 0.15) is 11.4 Å². The molecule has 7 heteroatoms. The van der Waals surface area contributed by atoms with Gasteiger partial charge in [-0.25, -0.2) is 13.9 Å². The van der Waals surface area contributed by atoms with Crippen molar-refractivity contribution in [2.75, 3.05) is 11.4 Å². The van der Waals surface area contributed by atoms with Gasteiger partial charge in [-0.3, -0.25) is 4.79 Å². The summed E-state index contributed by atoms with van der Waals surface area (Å²) in [5, 5.41) is 4.28. The Morgan fingerprint density at radius 2 is 2.00 bits per heavy atom. The van der Waals surface area contributed by atoms with Gasteiger partial charge >= 0.3 is 0 Å². The Morgan fingerprint density at radius 1 is 1.21 bits per heavy atom. The number of aromatic nitrogens is 3. The molecule has 0 N–H and O–H groups in total. The molecule has 2 aliphatic rings. The smallest absolute Gasteiger partial charge is 0.259 e. The van der Waals surface area contributed by atoms with E-state index in [9.17, 15) is 9.18 Å². The molecule has 6 nitrogen and oxygen atoms in total. The predicted octanol–water partition coefficient (Wildman–Crippen LogP) is 3.53. The molecule has 29 heavy (non-hydrogen) atoms. The number of rotatable bonds is 2. The highest BCUT2D eigenvalue weighted by molar-refractivity contribution is 6.00. The van der Waals surface area contributed by atoms with Gasteiger partial charge in [-0.05, 0) is 63.4 Å². The van der Waals surface area contributed by atoms with Crippen LogP contribution in [-0.2, 0) is 0 Å². The minimum absolute atomic E-state index is 0.00911. The van der Waals surface area contributed by atoms with Crippen molar-refractivity contribution in [1.82, 2.24) is 19.5 Å². The van der Waals surface area contributed by atoms with E-state index in [0.29, 0.717) is 11.2 Å². The summed E-state index contributed by atoms with van der Waals surface area (Å²) in [5.74, 6) is -0.242. The molecule has 2 aliphatic heterocycles. The van der Waals surface area contributed by atoms with Crippen LogP contribution >= 0.6 is 0 Å². The fourth-order valence-electron chi connectivity index (χ4n) is 5.17. The molecule has 2 saturated heterocycles. The van der Waals surface area contributed by atoms with Gasteiger partial charge in [0.2, 0.25) is 0 Å². The lowest BCUT2D eigenvalue weighted by Gasteiger charge is -2.42. The van der Waals surface area contributed by atoms with Gasteiger partial charge in [0.05, 0.1) is 18.3 Å². The molecule has 0 bridgehead atoms. The van der Waals surface area contributed by atoms with Crippen molar-refractivity contribution in [1.29, 1.82) is 0 Å². The van der Waals surface area contributed by atoms with Crippen LogP contribution in [0.25, 0.3) is 5.65 Å². The number of anilines is 1. The molecule has 3 aromatic rings. The SMILES string of the molecule is CC1(C)C[C@H]2[C@H](CCCN2C(=O)c2cnn3cccnc23)N1c1ccc(F)cc1. The van der Waals surface area contributed by atoms with Crippen LogP contribution in [0.3, 0.4) is 0 Å². The monoisotopic (exact) mass is 393 g/mol. The third kappa shape index (κ3) is 2.87. The Bertz CT molecular complexity index is 1060. The van der Waals surface area contributed by atoms with Crippen LogP contribution in [0.15, 0.2) is 48.9 Å². The lowest BCUT2D eigenvalue weighted by Crippen LogP contribution is -2.52. The fourth-order valence-corrected chi connectivity index (χ4v) is 5.17. The zero-order valence-electron chi connectivity index (χ0n) is 16.6. The molecule has 5 rings (SSSR count). The van der Waals surface area contributed by atoms with Gasteiger partial charge in [0, 0.05) is 30.2 Å². The topological polar surface area (TPSA) is 53.7 Å². The summed E-state index contributed by atoms with van der Waals surface area (Å²) < 4.78 is 15.1. The quantitative estimate of drug-likeness (QED) is 0.668. The van der Waals surface area contributed by atoms with Gasteiger partial charge in [-0.1, -0.05) is 0 Å². The first-order valence-electron chi connectivity index (χ1n) is 10.1. The molecule has 0 saturated carbocycles. The third-order valence-corrected chi connectivity index (χ3v) is 6.31. The Balaban J connectivity index is 1.49. The second-order valence-electron chi connectivity index (χ2n) is 8.58. The Hall–Kier alpha value is -2.96. The number of benzene rings is 1. The van der Waals surface area contributed by atoms with Crippen molar-refractivity contribution in [2.24, 2.45) is 0 Å². The lowest BCUT2D eigenvalue weighted by atomic mass is 9.93. The molecule has 2 atom stereocenters. The van der Waals surface area contributed by atoms with Crippen molar-refractivity contribution in [3.8, 4) is 0 Å². The maximum atomic E-state index is 13.5. The summed E-state index contributed by atoms with van der Waals surface area (Å²) in [6.45, 7) is 5.14. The molecule has 2 aromatic heterocycles. The average Bonchev–Trinajstić information content (AvgIpc) is 3.25. The van der Waals surface area contributed by atoms with E-state index in [-0.39, 0.29) is 29.3 Å². The largest absolute Gasteiger partial charge is 0.361 e. The van der Waals surface area contributed by atoms with Gasteiger partial charge < -0.3 is 9.80 Å². The summed E-state index contributed by atoms with van der Waals surface area (Å²) in [4.78, 5) is 22.2. The molecule has 0 radical (unpaired) electrons. The van der Waals surface area contributed by atoms with Gasteiger partial charge in [0.25, 0.3) is 5.91 Å². The maximum Gasteiger partial charge on any atom is 0.259 e. The third-order valence-electron chi connectivity index (χ3n) is 6.31. The normalized spacial score (nSPS) is 23.4. The molecule has 150 valence electrons.